The first-order valence-electron chi connectivity index (χ1n) is 6.43. The van der Waals surface area contributed by atoms with Gasteiger partial charge in [-0.2, -0.15) is 0 Å². The fourth-order valence-corrected chi connectivity index (χ4v) is 2.38. The second kappa shape index (κ2) is 7.62. The third-order valence-electron chi connectivity index (χ3n) is 3.35. The summed E-state index contributed by atoms with van der Waals surface area (Å²) in [5.74, 6) is 1.03. The smallest absolute Gasteiger partial charge is 0.123 e. The van der Waals surface area contributed by atoms with Crippen molar-refractivity contribution in [2.24, 2.45) is 0 Å². The van der Waals surface area contributed by atoms with Crippen molar-refractivity contribution in [3.05, 3.63) is 29.8 Å². The third kappa shape index (κ3) is 3.87. The molecule has 0 amide bonds. The lowest BCUT2D eigenvalue weighted by molar-refractivity contribution is 0.300. The Morgan fingerprint density at radius 2 is 2.17 bits per heavy atom. The van der Waals surface area contributed by atoms with Crippen LogP contribution in [0.15, 0.2) is 24.3 Å². The van der Waals surface area contributed by atoms with Crippen LogP contribution in [0.2, 0.25) is 0 Å². The fourth-order valence-electron chi connectivity index (χ4n) is 2.38. The van der Waals surface area contributed by atoms with E-state index in [0.717, 1.165) is 25.4 Å². The lowest BCUT2D eigenvalue weighted by Gasteiger charge is -2.18. The number of rotatable bonds is 5. The quantitative estimate of drug-likeness (QED) is 0.889. The van der Waals surface area contributed by atoms with Gasteiger partial charge in [0.05, 0.1) is 6.61 Å². The molecule has 1 aliphatic rings. The average molecular weight is 271 g/mol. The molecule has 3 nitrogen and oxygen atoms in total. The maximum Gasteiger partial charge on any atom is 0.123 e. The lowest BCUT2D eigenvalue weighted by Crippen LogP contribution is -2.29. The minimum atomic E-state index is 0. The lowest BCUT2D eigenvalue weighted by atomic mass is 10.2. The van der Waals surface area contributed by atoms with Crippen molar-refractivity contribution in [1.82, 2.24) is 10.2 Å². The molecule has 1 fully saturated rings. The number of hydrogen-bond acceptors (Lipinski definition) is 3. The number of likely N-dealkylation sites (tertiary alicyclic amines) is 1. The molecular formula is C14H23ClN2O. The van der Waals surface area contributed by atoms with E-state index in [2.05, 4.69) is 28.4 Å². The van der Waals surface area contributed by atoms with Crippen molar-refractivity contribution in [1.29, 1.82) is 0 Å². The first-order valence-corrected chi connectivity index (χ1v) is 6.43. The van der Waals surface area contributed by atoms with Crippen LogP contribution in [0.3, 0.4) is 0 Å². The molecule has 1 aromatic carbocycles. The number of nitrogens with zero attached hydrogens (tertiary/aromatic N) is 1. The van der Waals surface area contributed by atoms with Gasteiger partial charge in [0.1, 0.15) is 5.75 Å². The SMILES string of the molecule is CCOc1ccccc1CN1CCC(NC)C1.Cl. The van der Waals surface area contributed by atoms with Crippen LogP contribution in [0.5, 0.6) is 5.75 Å². The maximum atomic E-state index is 5.66. The van der Waals surface area contributed by atoms with Crippen molar-refractivity contribution in [3.63, 3.8) is 0 Å². The standard InChI is InChI=1S/C14H22N2O.ClH/c1-3-17-14-7-5-4-6-12(14)10-16-9-8-13(11-16)15-2;/h4-7,13,15H,3,8-11H2,1-2H3;1H. The summed E-state index contributed by atoms with van der Waals surface area (Å²) in [5, 5.41) is 3.35. The minimum absolute atomic E-state index is 0. The van der Waals surface area contributed by atoms with Crippen LogP contribution >= 0.6 is 12.4 Å². The van der Waals surface area contributed by atoms with Crippen molar-refractivity contribution < 1.29 is 4.74 Å². The van der Waals surface area contributed by atoms with E-state index < -0.39 is 0 Å². The van der Waals surface area contributed by atoms with E-state index >= 15 is 0 Å². The van der Waals surface area contributed by atoms with Gasteiger partial charge in [-0.25, -0.2) is 0 Å². The Bertz CT molecular complexity index is 359. The maximum absolute atomic E-state index is 5.66. The van der Waals surface area contributed by atoms with Crippen molar-refractivity contribution >= 4 is 12.4 Å². The van der Waals surface area contributed by atoms with E-state index in [4.69, 9.17) is 4.74 Å². The van der Waals surface area contributed by atoms with Gasteiger partial charge < -0.3 is 10.1 Å². The van der Waals surface area contributed by atoms with Gasteiger partial charge in [0, 0.05) is 31.2 Å². The molecule has 1 heterocycles. The van der Waals surface area contributed by atoms with Crippen LogP contribution < -0.4 is 10.1 Å². The van der Waals surface area contributed by atoms with E-state index in [0.29, 0.717) is 6.04 Å². The molecule has 102 valence electrons. The van der Waals surface area contributed by atoms with Crippen LogP contribution in [-0.2, 0) is 6.54 Å². The van der Waals surface area contributed by atoms with Crippen LogP contribution in [0.1, 0.15) is 18.9 Å². The summed E-state index contributed by atoms with van der Waals surface area (Å²) in [6.07, 6.45) is 1.24. The highest BCUT2D eigenvalue weighted by molar-refractivity contribution is 5.85. The number of halogens is 1. The van der Waals surface area contributed by atoms with Crippen LogP contribution in [0.4, 0.5) is 0 Å². The van der Waals surface area contributed by atoms with Crippen LogP contribution in [-0.4, -0.2) is 37.7 Å². The van der Waals surface area contributed by atoms with Gasteiger partial charge in [0.25, 0.3) is 0 Å². The second-order valence-corrected chi connectivity index (χ2v) is 4.55. The van der Waals surface area contributed by atoms with Gasteiger partial charge in [0.15, 0.2) is 0 Å². The number of para-hydroxylation sites is 1. The average Bonchev–Trinajstić information content (AvgIpc) is 2.80. The predicted octanol–water partition coefficient (Wildman–Crippen LogP) is 2.30. The molecule has 0 spiro atoms. The first-order chi connectivity index (χ1) is 8.33. The third-order valence-corrected chi connectivity index (χ3v) is 3.35. The molecule has 0 aliphatic carbocycles. The summed E-state index contributed by atoms with van der Waals surface area (Å²) in [4.78, 5) is 2.49. The highest BCUT2D eigenvalue weighted by atomic mass is 35.5. The molecule has 1 saturated heterocycles. The molecule has 1 aromatic rings. The summed E-state index contributed by atoms with van der Waals surface area (Å²) >= 11 is 0. The Labute approximate surface area is 116 Å². The molecule has 0 bridgehead atoms. The first kappa shape index (κ1) is 15.3. The summed E-state index contributed by atoms with van der Waals surface area (Å²) in [6, 6.07) is 9.00. The van der Waals surface area contributed by atoms with Crippen molar-refractivity contribution in [2.75, 3.05) is 26.7 Å². The zero-order valence-corrected chi connectivity index (χ0v) is 12.0. The number of hydrogen-bond donors (Lipinski definition) is 1. The van der Waals surface area contributed by atoms with Gasteiger partial charge in [-0.05, 0) is 26.5 Å². The summed E-state index contributed by atoms with van der Waals surface area (Å²) in [7, 11) is 2.04. The monoisotopic (exact) mass is 270 g/mol. The number of ether oxygens (including phenoxy) is 1. The summed E-state index contributed by atoms with van der Waals surface area (Å²) in [6.45, 7) is 6.07. The van der Waals surface area contributed by atoms with E-state index in [1.165, 1.54) is 18.5 Å². The topological polar surface area (TPSA) is 24.5 Å². The normalized spacial score (nSPS) is 19.6. The Hall–Kier alpha value is -0.770. The Balaban J connectivity index is 0.00000162. The van der Waals surface area contributed by atoms with Gasteiger partial charge >= 0.3 is 0 Å². The molecule has 18 heavy (non-hydrogen) atoms. The minimum Gasteiger partial charge on any atom is -0.494 e. The number of likely N-dealkylation sites (N-methyl/N-ethyl adjacent to an activating group) is 1. The van der Waals surface area contributed by atoms with Gasteiger partial charge in [-0.1, -0.05) is 18.2 Å². The van der Waals surface area contributed by atoms with Crippen LogP contribution in [0, 0.1) is 0 Å². The highest BCUT2D eigenvalue weighted by Crippen LogP contribution is 2.21. The molecule has 1 atom stereocenters. The zero-order chi connectivity index (χ0) is 12.1. The van der Waals surface area contributed by atoms with Crippen molar-refractivity contribution in [3.8, 4) is 5.75 Å². The highest BCUT2D eigenvalue weighted by Gasteiger charge is 2.21. The van der Waals surface area contributed by atoms with E-state index in [9.17, 15) is 0 Å². The molecule has 0 saturated carbocycles. The zero-order valence-electron chi connectivity index (χ0n) is 11.2. The number of benzene rings is 1. The molecule has 0 radical (unpaired) electrons. The molecular weight excluding hydrogens is 248 g/mol. The summed E-state index contributed by atoms with van der Waals surface area (Å²) in [5.41, 5.74) is 1.30. The second-order valence-electron chi connectivity index (χ2n) is 4.55. The molecule has 2 rings (SSSR count). The number of nitrogens with one attached hydrogen (secondary N) is 1. The van der Waals surface area contributed by atoms with Gasteiger partial charge in [-0.15, -0.1) is 12.4 Å². The van der Waals surface area contributed by atoms with Crippen LogP contribution in [0.25, 0.3) is 0 Å². The van der Waals surface area contributed by atoms with E-state index in [-0.39, 0.29) is 12.4 Å². The predicted molar refractivity (Wildman–Crippen MR) is 77.6 cm³/mol. The molecule has 0 aromatic heterocycles. The Kier molecular flexibility index (Phi) is 6.47. The molecule has 1 N–H and O–H groups in total. The summed E-state index contributed by atoms with van der Waals surface area (Å²) < 4.78 is 5.66. The van der Waals surface area contributed by atoms with Crippen molar-refractivity contribution in [2.45, 2.75) is 25.9 Å². The van der Waals surface area contributed by atoms with Gasteiger partial charge in [0.2, 0.25) is 0 Å². The largest absolute Gasteiger partial charge is 0.494 e. The van der Waals surface area contributed by atoms with E-state index in [1.807, 2.05) is 20.0 Å². The fraction of sp³-hybridized carbons (Fsp3) is 0.571. The van der Waals surface area contributed by atoms with Gasteiger partial charge in [-0.3, -0.25) is 4.90 Å². The Morgan fingerprint density at radius 1 is 1.39 bits per heavy atom. The molecule has 1 aliphatic heterocycles. The molecule has 4 heteroatoms. The molecule has 1 unspecified atom stereocenters. The Morgan fingerprint density at radius 3 is 2.83 bits per heavy atom. The van der Waals surface area contributed by atoms with E-state index in [1.54, 1.807) is 0 Å².